The molecule has 0 spiro atoms. The highest BCUT2D eigenvalue weighted by Crippen LogP contribution is 2.30. The molecule has 0 amide bonds. The number of benzene rings is 1. The molecule has 0 saturated carbocycles. The van der Waals surface area contributed by atoms with Crippen molar-refractivity contribution in [2.24, 2.45) is 11.8 Å². The van der Waals surface area contributed by atoms with Crippen LogP contribution in [0, 0.1) is 11.8 Å². The molecule has 2 rings (SSSR count). The number of carbonyl (C=O) groups is 1. The van der Waals surface area contributed by atoms with Crippen molar-refractivity contribution < 1.29 is 23.1 Å². The standard InChI is InChI=1S/C14H16F3NO2.ClH/c15-14(16,17)11-3-1-9(2-4-11)7-12(13(19)20)10-5-6-18-8-10;/h1-4,10,12,18H,5-8H2,(H,19,20);1H/t10-,12-;/m0./s1. The zero-order chi connectivity index (χ0) is 14.8. The molecule has 3 nitrogen and oxygen atoms in total. The van der Waals surface area contributed by atoms with Gasteiger partial charge in [-0.1, -0.05) is 12.1 Å². The molecule has 0 aromatic heterocycles. The van der Waals surface area contributed by atoms with Gasteiger partial charge in [0.25, 0.3) is 0 Å². The zero-order valence-electron chi connectivity index (χ0n) is 11.2. The molecule has 1 aliphatic heterocycles. The SMILES string of the molecule is Cl.O=C(O)[C@@H](Cc1ccc(C(F)(F)F)cc1)[C@H]1CCNC1. The van der Waals surface area contributed by atoms with Crippen LogP contribution in [0.5, 0.6) is 0 Å². The average Bonchev–Trinajstić information content (AvgIpc) is 2.88. The van der Waals surface area contributed by atoms with Gasteiger partial charge in [0.15, 0.2) is 0 Å². The number of alkyl halides is 3. The van der Waals surface area contributed by atoms with Crippen LogP contribution in [0.3, 0.4) is 0 Å². The van der Waals surface area contributed by atoms with Crippen LogP contribution in [-0.4, -0.2) is 24.2 Å². The van der Waals surface area contributed by atoms with Crippen LogP contribution >= 0.6 is 12.4 Å². The summed E-state index contributed by atoms with van der Waals surface area (Å²) < 4.78 is 37.4. The lowest BCUT2D eigenvalue weighted by Gasteiger charge is -2.19. The minimum atomic E-state index is -4.36. The first-order valence-corrected chi connectivity index (χ1v) is 6.47. The molecule has 118 valence electrons. The number of carboxylic acids is 1. The Labute approximate surface area is 127 Å². The third-order valence-electron chi connectivity index (χ3n) is 3.72. The van der Waals surface area contributed by atoms with Gasteiger partial charge in [0.1, 0.15) is 0 Å². The van der Waals surface area contributed by atoms with Crippen molar-refractivity contribution in [3.05, 3.63) is 35.4 Å². The van der Waals surface area contributed by atoms with E-state index in [-0.39, 0.29) is 24.7 Å². The highest BCUT2D eigenvalue weighted by Gasteiger charge is 2.32. The van der Waals surface area contributed by atoms with Gasteiger partial charge in [-0.05, 0) is 49.5 Å². The van der Waals surface area contributed by atoms with E-state index < -0.39 is 23.6 Å². The summed E-state index contributed by atoms with van der Waals surface area (Å²) in [7, 11) is 0. The number of halogens is 4. The molecule has 2 N–H and O–H groups in total. The van der Waals surface area contributed by atoms with E-state index in [1.54, 1.807) is 0 Å². The van der Waals surface area contributed by atoms with Crippen molar-refractivity contribution in [2.75, 3.05) is 13.1 Å². The Morgan fingerprint density at radius 3 is 2.38 bits per heavy atom. The Hall–Kier alpha value is -1.27. The van der Waals surface area contributed by atoms with Crippen LogP contribution in [0.15, 0.2) is 24.3 Å². The summed E-state index contributed by atoms with van der Waals surface area (Å²) in [6, 6.07) is 4.73. The number of nitrogens with one attached hydrogen (secondary N) is 1. The molecule has 1 aromatic rings. The fraction of sp³-hybridized carbons (Fsp3) is 0.500. The summed E-state index contributed by atoms with van der Waals surface area (Å²) in [4.78, 5) is 11.3. The molecule has 0 aliphatic carbocycles. The molecule has 1 aromatic carbocycles. The van der Waals surface area contributed by atoms with E-state index in [1.807, 2.05) is 0 Å². The maximum atomic E-state index is 12.5. The number of hydrogen-bond acceptors (Lipinski definition) is 2. The maximum absolute atomic E-state index is 12.5. The Kier molecular flexibility index (Phi) is 6.04. The van der Waals surface area contributed by atoms with E-state index in [9.17, 15) is 23.1 Å². The van der Waals surface area contributed by atoms with Crippen molar-refractivity contribution >= 4 is 18.4 Å². The topological polar surface area (TPSA) is 49.3 Å². The molecular weight excluding hydrogens is 307 g/mol. The fourth-order valence-electron chi connectivity index (χ4n) is 2.56. The smallest absolute Gasteiger partial charge is 0.416 e. The first-order chi connectivity index (χ1) is 9.38. The number of rotatable bonds is 4. The molecule has 21 heavy (non-hydrogen) atoms. The first kappa shape index (κ1) is 17.8. The van der Waals surface area contributed by atoms with E-state index in [4.69, 9.17) is 0 Å². The predicted octanol–water partition coefficient (Wildman–Crippen LogP) is 2.98. The van der Waals surface area contributed by atoms with Crippen LogP contribution in [0.1, 0.15) is 17.5 Å². The van der Waals surface area contributed by atoms with Crippen LogP contribution < -0.4 is 5.32 Å². The summed E-state index contributed by atoms with van der Waals surface area (Å²) in [5.74, 6) is -1.41. The highest BCUT2D eigenvalue weighted by atomic mass is 35.5. The molecular formula is C14H17ClF3NO2. The van der Waals surface area contributed by atoms with Crippen molar-refractivity contribution in [2.45, 2.75) is 19.0 Å². The third-order valence-corrected chi connectivity index (χ3v) is 3.72. The lowest BCUT2D eigenvalue weighted by Crippen LogP contribution is -2.27. The number of hydrogen-bond donors (Lipinski definition) is 2. The van der Waals surface area contributed by atoms with Gasteiger partial charge in [-0.2, -0.15) is 13.2 Å². The summed E-state index contributed by atoms with van der Waals surface area (Å²) in [6.07, 6.45) is -3.31. The van der Waals surface area contributed by atoms with Gasteiger partial charge in [-0.25, -0.2) is 0 Å². The molecule has 0 radical (unpaired) electrons. The molecule has 1 aliphatic rings. The van der Waals surface area contributed by atoms with Gasteiger partial charge in [0.2, 0.25) is 0 Å². The Balaban J connectivity index is 0.00000220. The normalized spacial score (nSPS) is 19.9. The molecule has 0 bridgehead atoms. The predicted molar refractivity (Wildman–Crippen MR) is 74.5 cm³/mol. The Bertz CT molecular complexity index is 470. The van der Waals surface area contributed by atoms with Crippen molar-refractivity contribution in [1.82, 2.24) is 5.32 Å². The second-order valence-electron chi connectivity index (χ2n) is 5.10. The van der Waals surface area contributed by atoms with E-state index in [0.717, 1.165) is 25.1 Å². The monoisotopic (exact) mass is 323 g/mol. The second kappa shape index (κ2) is 7.13. The van der Waals surface area contributed by atoms with Crippen molar-refractivity contribution in [1.29, 1.82) is 0 Å². The quantitative estimate of drug-likeness (QED) is 0.895. The molecule has 7 heteroatoms. The van der Waals surface area contributed by atoms with Crippen LogP contribution in [0.4, 0.5) is 13.2 Å². The highest BCUT2D eigenvalue weighted by molar-refractivity contribution is 5.85. The van der Waals surface area contributed by atoms with E-state index >= 15 is 0 Å². The van der Waals surface area contributed by atoms with Gasteiger partial charge in [-0.15, -0.1) is 12.4 Å². The van der Waals surface area contributed by atoms with Gasteiger partial charge in [0, 0.05) is 0 Å². The lowest BCUT2D eigenvalue weighted by atomic mass is 9.86. The van der Waals surface area contributed by atoms with Crippen molar-refractivity contribution in [3.63, 3.8) is 0 Å². The largest absolute Gasteiger partial charge is 0.481 e. The molecule has 1 heterocycles. The fourth-order valence-corrected chi connectivity index (χ4v) is 2.56. The van der Waals surface area contributed by atoms with Gasteiger partial charge in [0.05, 0.1) is 11.5 Å². The van der Waals surface area contributed by atoms with Gasteiger partial charge in [-0.3, -0.25) is 4.79 Å². The minimum Gasteiger partial charge on any atom is -0.481 e. The molecule has 1 saturated heterocycles. The summed E-state index contributed by atoms with van der Waals surface area (Å²) in [6.45, 7) is 1.44. The van der Waals surface area contributed by atoms with Crippen LogP contribution in [0.2, 0.25) is 0 Å². The van der Waals surface area contributed by atoms with E-state index in [1.165, 1.54) is 12.1 Å². The van der Waals surface area contributed by atoms with E-state index in [2.05, 4.69) is 5.32 Å². The Morgan fingerprint density at radius 1 is 1.33 bits per heavy atom. The first-order valence-electron chi connectivity index (χ1n) is 6.47. The summed E-state index contributed by atoms with van der Waals surface area (Å²) in [5.41, 5.74) is -0.0899. The van der Waals surface area contributed by atoms with Gasteiger partial charge >= 0.3 is 12.1 Å². The van der Waals surface area contributed by atoms with Gasteiger partial charge < -0.3 is 10.4 Å². The third kappa shape index (κ3) is 4.61. The maximum Gasteiger partial charge on any atom is 0.416 e. The van der Waals surface area contributed by atoms with Crippen molar-refractivity contribution in [3.8, 4) is 0 Å². The van der Waals surface area contributed by atoms with E-state index in [0.29, 0.717) is 12.1 Å². The molecule has 0 unspecified atom stereocenters. The zero-order valence-corrected chi connectivity index (χ0v) is 12.0. The lowest BCUT2D eigenvalue weighted by molar-refractivity contribution is -0.143. The molecule has 2 atom stereocenters. The van der Waals surface area contributed by atoms with Crippen LogP contribution in [-0.2, 0) is 17.4 Å². The summed E-state index contributed by atoms with van der Waals surface area (Å²) >= 11 is 0. The molecule has 1 fully saturated rings. The summed E-state index contributed by atoms with van der Waals surface area (Å²) in [5, 5.41) is 12.4. The average molecular weight is 324 g/mol. The minimum absolute atomic E-state index is 0. The Morgan fingerprint density at radius 2 is 1.95 bits per heavy atom. The number of aliphatic carboxylic acids is 1. The second-order valence-corrected chi connectivity index (χ2v) is 5.10. The number of carboxylic acid groups (broad SMARTS) is 1. The van der Waals surface area contributed by atoms with Crippen LogP contribution in [0.25, 0.3) is 0 Å².